The molecule has 0 saturated carbocycles. The summed E-state index contributed by atoms with van der Waals surface area (Å²) >= 11 is 0. The Balaban J connectivity index is 1.96. The summed E-state index contributed by atoms with van der Waals surface area (Å²) < 4.78 is 11.5. The third-order valence-corrected chi connectivity index (χ3v) is 4.90. The number of carbonyl (C=O) groups is 1. The Morgan fingerprint density at radius 1 is 1.32 bits per heavy atom. The number of aliphatic hydroxyl groups excluding tert-OH is 1. The molecule has 1 fully saturated rings. The van der Waals surface area contributed by atoms with Crippen molar-refractivity contribution in [2.75, 3.05) is 0 Å². The average Bonchev–Trinajstić information content (AvgIpc) is 2.69. The zero-order valence-electron chi connectivity index (χ0n) is 13.4. The van der Waals surface area contributed by atoms with Crippen LogP contribution in [0.3, 0.4) is 0 Å². The van der Waals surface area contributed by atoms with Crippen LogP contribution in [0.15, 0.2) is 11.3 Å². The number of hydrogen-bond acceptors (Lipinski definition) is 6. The molecule has 0 aromatic heterocycles. The zero-order valence-corrected chi connectivity index (χ0v) is 13.4. The summed E-state index contributed by atoms with van der Waals surface area (Å²) in [5, 5.41) is 31.6. The van der Waals surface area contributed by atoms with Gasteiger partial charge in [0.25, 0.3) is 0 Å². The van der Waals surface area contributed by atoms with Crippen molar-refractivity contribution >= 4 is 5.78 Å². The van der Waals surface area contributed by atoms with Gasteiger partial charge < -0.3 is 24.8 Å². The molecule has 0 bridgehead atoms. The molecular weight excluding hydrogens is 288 g/mol. The lowest BCUT2D eigenvalue weighted by Crippen LogP contribution is -2.56. The molecule has 6 nitrogen and oxygen atoms in total. The normalized spacial score (nSPS) is 41.0. The lowest BCUT2D eigenvalue weighted by molar-refractivity contribution is -0.156. The first-order valence-electron chi connectivity index (χ1n) is 7.67. The van der Waals surface area contributed by atoms with Crippen LogP contribution in [-0.2, 0) is 14.3 Å². The molecule has 3 N–H and O–H groups in total. The van der Waals surface area contributed by atoms with E-state index in [4.69, 9.17) is 9.47 Å². The molecule has 0 radical (unpaired) electrons. The molecule has 2 aliphatic heterocycles. The number of hydrogen-bond donors (Lipinski definition) is 3. The van der Waals surface area contributed by atoms with E-state index in [2.05, 4.69) is 0 Å². The highest BCUT2D eigenvalue weighted by atomic mass is 16.6. The van der Waals surface area contributed by atoms with Crippen molar-refractivity contribution in [2.24, 2.45) is 0 Å². The van der Waals surface area contributed by atoms with Gasteiger partial charge in [-0.05, 0) is 27.7 Å². The minimum atomic E-state index is -1.54. The Hall–Kier alpha value is -0.950. The molecule has 124 valence electrons. The van der Waals surface area contributed by atoms with Gasteiger partial charge in [-0.2, -0.15) is 0 Å². The fourth-order valence-corrected chi connectivity index (χ4v) is 3.60. The first kappa shape index (κ1) is 15.9. The molecule has 4 unspecified atom stereocenters. The van der Waals surface area contributed by atoms with Gasteiger partial charge in [0.1, 0.15) is 23.1 Å². The van der Waals surface area contributed by atoms with Crippen LogP contribution in [0, 0.1) is 0 Å². The molecule has 6 heteroatoms. The first-order chi connectivity index (χ1) is 9.94. The Morgan fingerprint density at radius 3 is 2.55 bits per heavy atom. The number of carbonyl (C=O) groups excluding carboxylic acids is 1. The fourth-order valence-electron chi connectivity index (χ4n) is 3.60. The van der Waals surface area contributed by atoms with Crippen molar-refractivity contribution in [3.63, 3.8) is 0 Å². The number of Topliss-reactive ketones (excluding diaryl/α,β-unsaturated/α-hetero) is 1. The van der Waals surface area contributed by atoms with Crippen LogP contribution in [0.5, 0.6) is 0 Å². The number of ketones is 1. The van der Waals surface area contributed by atoms with E-state index in [1.54, 1.807) is 27.7 Å². The monoisotopic (exact) mass is 312 g/mol. The number of fused-ring (bicyclic) bond motifs is 1. The predicted octanol–water partition coefficient (Wildman–Crippen LogP) is 0.433. The van der Waals surface area contributed by atoms with Gasteiger partial charge in [0.15, 0.2) is 5.78 Å². The highest BCUT2D eigenvalue weighted by Crippen LogP contribution is 2.48. The van der Waals surface area contributed by atoms with E-state index in [1.165, 1.54) is 0 Å². The van der Waals surface area contributed by atoms with Gasteiger partial charge in [0, 0.05) is 18.4 Å². The molecule has 22 heavy (non-hydrogen) atoms. The second-order valence-corrected chi connectivity index (χ2v) is 7.87. The van der Waals surface area contributed by atoms with Crippen molar-refractivity contribution in [3.8, 4) is 0 Å². The summed E-state index contributed by atoms with van der Waals surface area (Å²) in [6, 6.07) is 0. The van der Waals surface area contributed by atoms with Crippen molar-refractivity contribution in [2.45, 2.75) is 82.1 Å². The van der Waals surface area contributed by atoms with Gasteiger partial charge in [-0.1, -0.05) is 0 Å². The smallest absolute Gasteiger partial charge is 0.166 e. The maximum absolute atomic E-state index is 12.3. The summed E-state index contributed by atoms with van der Waals surface area (Å²) in [5.74, 6) is 0.0858. The topological polar surface area (TPSA) is 96.2 Å². The van der Waals surface area contributed by atoms with Crippen LogP contribution in [0.1, 0.15) is 47.0 Å². The number of ether oxygens (including phenoxy) is 2. The number of aliphatic hydroxyl groups is 3. The first-order valence-corrected chi connectivity index (χ1v) is 7.67. The van der Waals surface area contributed by atoms with Gasteiger partial charge in [-0.15, -0.1) is 0 Å². The summed E-state index contributed by atoms with van der Waals surface area (Å²) in [6.07, 6.45) is -2.12. The molecule has 0 aromatic rings. The van der Waals surface area contributed by atoms with E-state index >= 15 is 0 Å². The Bertz CT molecular complexity index is 543. The SMILES string of the molecule is CC1(C)CC(=O)C2=C(O1)C(O)C1(O)CC(C(C)(C)O)OC1C2. The molecule has 3 rings (SSSR count). The molecule has 4 atom stereocenters. The second-order valence-electron chi connectivity index (χ2n) is 7.87. The maximum Gasteiger partial charge on any atom is 0.166 e. The van der Waals surface area contributed by atoms with Crippen LogP contribution in [-0.4, -0.2) is 56.2 Å². The largest absolute Gasteiger partial charge is 0.488 e. The van der Waals surface area contributed by atoms with Crippen molar-refractivity contribution < 1.29 is 29.6 Å². The van der Waals surface area contributed by atoms with E-state index in [0.717, 1.165) is 0 Å². The molecule has 0 aromatic carbocycles. The Labute approximate surface area is 129 Å². The highest BCUT2D eigenvalue weighted by molar-refractivity contribution is 5.97. The summed E-state index contributed by atoms with van der Waals surface area (Å²) in [7, 11) is 0. The summed E-state index contributed by atoms with van der Waals surface area (Å²) in [4.78, 5) is 12.3. The van der Waals surface area contributed by atoms with Crippen molar-refractivity contribution in [3.05, 3.63) is 11.3 Å². The summed E-state index contributed by atoms with van der Waals surface area (Å²) in [5.41, 5.74) is -2.98. The fraction of sp³-hybridized carbons (Fsp3) is 0.812. The van der Waals surface area contributed by atoms with Crippen molar-refractivity contribution in [1.82, 2.24) is 0 Å². The minimum Gasteiger partial charge on any atom is -0.488 e. The van der Waals surface area contributed by atoms with Gasteiger partial charge in [-0.3, -0.25) is 4.79 Å². The lowest BCUT2D eigenvalue weighted by Gasteiger charge is -2.44. The molecule has 0 amide bonds. The highest BCUT2D eigenvalue weighted by Gasteiger charge is 2.60. The van der Waals surface area contributed by atoms with E-state index < -0.39 is 35.1 Å². The van der Waals surface area contributed by atoms with E-state index in [9.17, 15) is 20.1 Å². The van der Waals surface area contributed by atoms with E-state index in [1.807, 2.05) is 0 Å². The van der Waals surface area contributed by atoms with Gasteiger partial charge in [0.05, 0.1) is 24.2 Å². The molecule has 3 aliphatic rings. The van der Waals surface area contributed by atoms with Crippen LogP contribution in [0.2, 0.25) is 0 Å². The van der Waals surface area contributed by atoms with Gasteiger partial charge in [0.2, 0.25) is 0 Å². The van der Waals surface area contributed by atoms with Gasteiger partial charge >= 0.3 is 0 Å². The van der Waals surface area contributed by atoms with Crippen LogP contribution >= 0.6 is 0 Å². The Kier molecular flexibility index (Phi) is 3.28. The van der Waals surface area contributed by atoms with Gasteiger partial charge in [-0.25, -0.2) is 0 Å². The quantitative estimate of drug-likeness (QED) is 0.650. The Morgan fingerprint density at radius 2 is 1.95 bits per heavy atom. The molecular formula is C16H24O6. The van der Waals surface area contributed by atoms with Crippen LogP contribution < -0.4 is 0 Å². The number of rotatable bonds is 1. The van der Waals surface area contributed by atoms with E-state index in [0.29, 0.717) is 5.57 Å². The minimum absolute atomic E-state index is 0.0809. The maximum atomic E-state index is 12.3. The standard InChI is InChI=1S/C16H24O6/c1-14(2)6-9(17)8-5-10-16(20,13(18)12(8)22-14)7-11(21-10)15(3,4)19/h10-11,13,18-20H,5-7H2,1-4H3. The zero-order chi connectivity index (χ0) is 16.5. The third-order valence-electron chi connectivity index (χ3n) is 4.90. The molecule has 2 heterocycles. The van der Waals surface area contributed by atoms with E-state index in [-0.39, 0.29) is 30.8 Å². The van der Waals surface area contributed by atoms with Crippen LogP contribution in [0.4, 0.5) is 0 Å². The second kappa shape index (κ2) is 4.54. The molecule has 1 aliphatic carbocycles. The lowest BCUT2D eigenvalue weighted by atomic mass is 9.74. The molecule has 1 saturated heterocycles. The predicted molar refractivity (Wildman–Crippen MR) is 77.0 cm³/mol. The summed E-state index contributed by atoms with van der Waals surface area (Å²) in [6.45, 7) is 6.76. The van der Waals surface area contributed by atoms with Crippen molar-refractivity contribution in [1.29, 1.82) is 0 Å². The molecule has 0 spiro atoms. The average molecular weight is 312 g/mol. The van der Waals surface area contributed by atoms with Crippen LogP contribution in [0.25, 0.3) is 0 Å². The third kappa shape index (κ3) is 2.29.